The average molecular weight is 251 g/mol. The average Bonchev–Trinajstić information content (AvgIpc) is 2.91. The zero-order chi connectivity index (χ0) is 11.1. The highest BCUT2D eigenvalue weighted by atomic mass is 35.5. The maximum Gasteiger partial charge on any atom is 0.201 e. The molecule has 79 valence electrons. The molecule has 3 nitrogen and oxygen atoms in total. The maximum atomic E-state index is 11.3. The number of halogens is 1. The third-order valence-corrected chi connectivity index (χ3v) is 3.53. The first kappa shape index (κ1) is 9.69. The van der Waals surface area contributed by atoms with E-state index in [1.165, 1.54) is 6.07 Å². The number of nitrogens with zero attached hydrogens (tertiary/aromatic N) is 1. The summed E-state index contributed by atoms with van der Waals surface area (Å²) in [5, 5.41) is 18.1. The highest BCUT2D eigenvalue weighted by molar-refractivity contribution is 7.13. The van der Waals surface area contributed by atoms with Crippen molar-refractivity contribution < 1.29 is 9.63 Å². The third kappa shape index (κ3) is 1.31. The van der Waals surface area contributed by atoms with Gasteiger partial charge in [0.1, 0.15) is 10.7 Å². The van der Waals surface area contributed by atoms with Gasteiger partial charge in [0.15, 0.2) is 5.58 Å². The molecule has 3 aromatic rings. The van der Waals surface area contributed by atoms with Crippen molar-refractivity contribution in [2.45, 2.75) is 0 Å². The summed E-state index contributed by atoms with van der Waals surface area (Å²) in [4.78, 5) is 0.994. The van der Waals surface area contributed by atoms with Crippen molar-refractivity contribution in [1.82, 2.24) is 5.16 Å². The first-order chi connectivity index (χ1) is 7.77. The van der Waals surface area contributed by atoms with Crippen LogP contribution in [0.4, 0.5) is 0 Å². The number of aromatic nitrogens is 1. The molecule has 0 amide bonds. The minimum Gasteiger partial charge on any atom is -0.354 e. The quantitative estimate of drug-likeness (QED) is 0.644. The van der Waals surface area contributed by atoms with Gasteiger partial charge in [-0.15, -0.1) is 11.3 Å². The van der Waals surface area contributed by atoms with Gasteiger partial charge in [-0.25, -0.2) is 0 Å². The van der Waals surface area contributed by atoms with Crippen LogP contribution in [0.15, 0.2) is 34.2 Å². The van der Waals surface area contributed by atoms with E-state index < -0.39 is 0 Å². The van der Waals surface area contributed by atoms with Crippen LogP contribution in [-0.2, 0) is 5.11 Å². The molecule has 0 bridgehead atoms. The molecular weight excluding hydrogens is 246 g/mol. The van der Waals surface area contributed by atoms with Crippen molar-refractivity contribution in [3.8, 4) is 16.3 Å². The lowest BCUT2D eigenvalue weighted by Crippen LogP contribution is -1.72. The van der Waals surface area contributed by atoms with Crippen molar-refractivity contribution in [3.63, 3.8) is 0 Å². The Morgan fingerprint density at radius 1 is 1.31 bits per heavy atom. The molecular formula is C11H5ClNO2S. The summed E-state index contributed by atoms with van der Waals surface area (Å²) in [6.45, 7) is 0. The van der Waals surface area contributed by atoms with Crippen LogP contribution in [-0.4, -0.2) is 5.16 Å². The second-order valence-corrected chi connectivity index (χ2v) is 4.59. The van der Waals surface area contributed by atoms with E-state index in [1.54, 1.807) is 17.4 Å². The molecule has 0 aliphatic rings. The molecule has 2 heterocycles. The Hall–Kier alpha value is -1.52. The topological polar surface area (TPSA) is 45.9 Å². The molecule has 1 radical (unpaired) electrons. The van der Waals surface area contributed by atoms with Crippen molar-refractivity contribution in [2.75, 3.05) is 0 Å². The second-order valence-electron chi connectivity index (χ2n) is 3.26. The zero-order valence-corrected chi connectivity index (χ0v) is 9.51. The van der Waals surface area contributed by atoms with E-state index in [-0.39, 0.29) is 10.8 Å². The normalized spacial score (nSPS) is 11.1. The zero-order valence-electron chi connectivity index (χ0n) is 7.94. The van der Waals surface area contributed by atoms with Gasteiger partial charge in [0.25, 0.3) is 0 Å². The van der Waals surface area contributed by atoms with E-state index in [1.807, 2.05) is 17.5 Å². The first-order valence-electron chi connectivity index (χ1n) is 4.56. The van der Waals surface area contributed by atoms with Gasteiger partial charge in [-0.1, -0.05) is 22.8 Å². The van der Waals surface area contributed by atoms with Crippen molar-refractivity contribution in [3.05, 3.63) is 34.7 Å². The fourth-order valence-electron chi connectivity index (χ4n) is 1.55. The van der Waals surface area contributed by atoms with E-state index in [9.17, 15) is 5.11 Å². The summed E-state index contributed by atoms with van der Waals surface area (Å²) < 4.78 is 5.11. The molecule has 0 spiro atoms. The third-order valence-electron chi connectivity index (χ3n) is 2.30. The molecule has 0 atom stereocenters. The van der Waals surface area contributed by atoms with Gasteiger partial charge in [0.05, 0.1) is 10.3 Å². The molecule has 5 heteroatoms. The summed E-state index contributed by atoms with van der Waals surface area (Å²) >= 11 is 7.42. The van der Waals surface area contributed by atoms with Crippen LogP contribution in [0, 0.1) is 0 Å². The van der Waals surface area contributed by atoms with Crippen molar-refractivity contribution in [1.29, 1.82) is 0 Å². The lowest BCUT2D eigenvalue weighted by molar-refractivity contribution is 0.354. The van der Waals surface area contributed by atoms with Crippen LogP contribution in [0.1, 0.15) is 0 Å². The molecule has 0 saturated heterocycles. The molecule has 0 fully saturated rings. The second kappa shape index (κ2) is 3.50. The summed E-state index contributed by atoms with van der Waals surface area (Å²) in [6, 6.07) is 7.00. The van der Waals surface area contributed by atoms with E-state index in [2.05, 4.69) is 5.16 Å². The first-order valence-corrected chi connectivity index (χ1v) is 5.82. The molecule has 16 heavy (non-hydrogen) atoms. The molecule has 0 N–H and O–H groups in total. The van der Waals surface area contributed by atoms with E-state index in [0.717, 1.165) is 16.0 Å². The Kier molecular flexibility index (Phi) is 2.12. The fourth-order valence-corrected chi connectivity index (χ4v) is 2.46. The Morgan fingerprint density at radius 3 is 2.94 bits per heavy atom. The Bertz CT molecular complexity index is 645. The maximum absolute atomic E-state index is 11.3. The standard InChI is InChI=1S/C11H5ClNO2S/c12-9-7(14)4-3-6-10(13-15-11(6)9)8-2-1-5-16-8/h1-5H. The van der Waals surface area contributed by atoms with E-state index >= 15 is 0 Å². The minimum absolute atomic E-state index is 0.0906. The highest BCUT2D eigenvalue weighted by Gasteiger charge is 2.16. The van der Waals surface area contributed by atoms with Gasteiger partial charge in [0, 0.05) is 0 Å². The summed E-state index contributed by atoms with van der Waals surface area (Å²) in [6.07, 6.45) is 0. The van der Waals surface area contributed by atoms with Gasteiger partial charge < -0.3 is 4.52 Å². The predicted molar refractivity (Wildman–Crippen MR) is 62.5 cm³/mol. The number of rotatable bonds is 1. The molecule has 1 aromatic carbocycles. The molecule has 0 aliphatic heterocycles. The molecule has 2 aromatic heterocycles. The minimum atomic E-state index is -0.247. The smallest absolute Gasteiger partial charge is 0.201 e. The van der Waals surface area contributed by atoms with Crippen LogP contribution < -0.4 is 0 Å². The highest BCUT2D eigenvalue weighted by Crippen LogP contribution is 2.38. The van der Waals surface area contributed by atoms with E-state index in [4.69, 9.17) is 16.1 Å². The summed E-state index contributed by atoms with van der Waals surface area (Å²) in [5.74, 6) is -0.247. The number of hydrogen-bond acceptors (Lipinski definition) is 3. The van der Waals surface area contributed by atoms with Crippen molar-refractivity contribution >= 4 is 33.9 Å². The lowest BCUT2D eigenvalue weighted by atomic mass is 10.2. The van der Waals surface area contributed by atoms with Crippen LogP contribution >= 0.6 is 22.9 Å². The van der Waals surface area contributed by atoms with Gasteiger partial charge in [-0.3, -0.25) is 5.11 Å². The number of benzene rings is 1. The van der Waals surface area contributed by atoms with Crippen LogP contribution in [0.3, 0.4) is 0 Å². The molecule has 3 rings (SSSR count). The number of thiophene rings is 1. The molecule has 0 unspecified atom stereocenters. The van der Waals surface area contributed by atoms with Crippen molar-refractivity contribution in [2.24, 2.45) is 0 Å². The van der Waals surface area contributed by atoms with Gasteiger partial charge in [0.2, 0.25) is 5.75 Å². The van der Waals surface area contributed by atoms with Crippen LogP contribution in [0.25, 0.3) is 21.5 Å². The fraction of sp³-hybridized carbons (Fsp3) is 0. The lowest BCUT2D eigenvalue weighted by Gasteiger charge is -1.93. The summed E-state index contributed by atoms with van der Waals surface area (Å²) in [7, 11) is 0. The van der Waals surface area contributed by atoms with E-state index in [0.29, 0.717) is 5.58 Å². The predicted octanol–water partition coefficient (Wildman–Crippen LogP) is 4.35. The van der Waals surface area contributed by atoms with Crippen LogP contribution in [0.2, 0.25) is 5.02 Å². The Labute approximate surface area is 99.9 Å². The SMILES string of the molecule is [O]c1ccc2c(-c3cccs3)noc2c1Cl. The molecule has 0 saturated carbocycles. The van der Waals surface area contributed by atoms with Crippen LogP contribution in [0.5, 0.6) is 5.75 Å². The largest absolute Gasteiger partial charge is 0.354 e. The Morgan fingerprint density at radius 2 is 2.19 bits per heavy atom. The number of hydrogen-bond donors (Lipinski definition) is 0. The summed E-state index contributed by atoms with van der Waals surface area (Å²) in [5.41, 5.74) is 1.09. The van der Waals surface area contributed by atoms with Gasteiger partial charge in [-0.2, -0.15) is 0 Å². The monoisotopic (exact) mass is 250 g/mol. The van der Waals surface area contributed by atoms with Gasteiger partial charge in [-0.05, 0) is 23.6 Å². The Balaban J connectivity index is 2.34. The molecule has 0 aliphatic carbocycles. The van der Waals surface area contributed by atoms with Gasteiger partial charge >= 0.3 is 0 Å². The number of fused-ring (bicyclic) bond motifs is 1.